The molecule has 4 rings (SSSR count). The van der Waals surface area contributed by atoms with Gasteiger partial charge in [0.2, 0.25) is 0 Å². The number of hydrogen-bond donors (Lipinski definition) is 1. The van der Waals surface area contributed by atoms with E-state index in [9.17, 15) is 17.6 Å². The molecule has 0 saturated carbocycles. The number of ether oxygens (including phenoxy) is 1. The van der Waals surface area contributed by atoms with Gasteiger partial charge in [0.25, 0.3) is 21.1 Å². The normalized spacial score (nSPS) is 16.4. The number of amides is 1. The highest BCUT2D eigenvalue weighted by Crippen LogP contribution is 2.23. The van der Waals surface area contributed by atoms with E-state index in [1.54, 1.807) is 11.1 Å². The second-order valence-electron chi connectivity index (χ2n) is 6.69. The summed E-state index contributed by atoms with van der Waals surface area (Å²) in [6, 6.07) is 11.2. The Labute approximate surface area is 177 Å². The van der Waals surface area contributed by atoms with Crippen LogP contribution in [0.2, 0.25) is 0 Å². The quantitative estimate of drug-likeness (QED) is 0.626. The van der Waals surface area contributed by atoms with Crippen LogP contribution < -0.4 is 9.46 Å². The molecule has 1 aromatic heterocycles. The maximum Gasteiger partial charge on any atom is 0.273 e. The number of rotatable bonds is 6. The number of likely N-dealkylation sites (tertiary alicyclic amines) is 1. The number of nitrogens with one attached hydrogen (secondary N) is 1. The van der Waals surface area contributed by atoms with Crippen molar-refractivity contribution in [3.63, 3.8) is 0 Å². The van der Waals surface area contributed by atoms with Gasteiger partial charge in [-0.3, -0.25) is 9.52 Å². The third-order valence-electron chi connectivity index (χ3n) is 4.62. The number of nitrogens with zero attached hydrogens (tertiary/aromatic N) is 2. The molecule has 10 heteroatoms. The number of carbonyl (C=O) groups is 1. The van der Waals surface area contributed by atoms with Gasteiger partial charge in [-0.05, 0) is 36.4 Å². The molecule has 3 aromatic rings. The van der Waals surface area contributed by atoms with Gasteiger partial charge in [0, 0.05) is 35.8 Å². The van der Waals surface area contributed by atoms with E-state index in [4.69, 9.17) is 4.74 Å². The minimum absolute atomic E-state index is 0.105. The molecule has 1 amide bonds. The van der Waals surface area contributed by atoms with E-state index in [0.717, 1.165) is 6.07 Å². The van der Waals surface area contributed by atoms with E-state index in [1.807, 2.05) is 5.38 Å². The first-order chi connectivity index (χ1) is 14.4. The van der Waals surface area contributed by atoms with Crippen LogP contribution in [-0.2, 0) is 10.0 Å². The molecular formula is C20H18FN3O4S2. The molecule has 156 valence electrons. The molecule has 1 N–H and O–H groups in total. The SMILES string of the molecule is O=C(c1ccc(NS(=O)(=O)c2ccccc2F)cc1)N1CCC(Oc2nccs2)C1. The Kier molecular flexibility index (Phi) is 5.69. The highest BCUT2D eigenvalue weighted by atomic mass is 32.2. The average molecular weight is 448 g/mol. The standard InChI is InChI=1S/C20H18FN3O4S2/c21-17-3-1-2-4-18(17)30(26,27)23-15-7-5-14(6-8-15)19(25)24-11-9-16(13-24)28-20-22-10-12-29-20/h1-8,10,12,16,23H,9,11,13H2. The van der Waals surface area contributed by atoms with E-state index in [1.165, 1.54) is 53.8 Å². The Balaban J connectivity index is 1.40. The molecule has 2 aromatic carbocycles. The fourth-order valence-corrected chi connectivity index (χ4v) is 4.85. The van der Waals surface area contributed by atoms with Crippen LogP contribution >= 0.6 is 11.3 Å². The molecule has 1 aliphatic rings. The third kappa shape index (κ3) is 4.44. The lowest BCUT2D eigenvalue weighted by Gasteiger charge is -2.17. The van der Waals surface area contributed by atoms with Crippen molar-refractivity contribution in [2.75, 3.05) is 17.8 Å². The summed E-state index contributed by atoms with van der Waals surface area (Å²) in [7, 11) is -4.07. The van der Waals surface area contributed by atoms with E-state index in [2.05, 4.69) is 9.71 Å². The Morgan fingerprint density at radius 2 is 1.97 bits per heavy atom. The van der Waals surface area contributed by atoms with Crippen LogP contribution in [0.5, 0.6) is 5.19 Å². The van der Waals surface area contributed by atoms with Crippen LogP contribution in [0.25, 0.3) is 0 Å². The molecule has 0 aliphatic carbocycles. The van der Waals surface area contributed by atoms with Gasteiger partial charge in [0.1, 0.15) is 16.8 Å². The molecule has 30 heavy (non-hydrogen) atoms. The van der Waals surface area contributed by atoms with Crippen molar-refractivity contribution in [2.45, 2.75) is 17.4 Å². The largest absolute Gasteiger partial charge is 0.465 e. The first kappa shape index (κ1) is 20.3. The molecule has 7 nitrogen and oxygen atoms in total. The number of sulfonamides is 1. The Morgan fingerprint density at radius 1 is 1.20 bits per heavy atom. The van der Waals surface area contributed by atoms with Gasteiger partial charge in [-0.1, -0.05) is 23.5 Å². The highest BCUT2D eigenvalue weighted by molar-refractivity contribution is 7.92. The van der Waals surface area contributed by atoms with Crippen molar-refractivity contribution in [1.82, 2.24) is 9.88 Å². The summed E-state index contributed by atoms with van der Waals surface area (Å²) in [5.74, 6) is -0.996. The molecule has 1 atom stereocenters. The molecule has 1 aliphatic heterocycles. The van der Waals surface area contributed by atoms with Gasteiger partial charge in [0.05, 0.1) is 6.54 Å². The molecular weight excluding hydrogens is 429 g/mol. The smallest absolute Gasteiger partial charge is 0.273 e. The monoisotopic (exact) mass is 447 g/mol. The van der Waals surface area contributed by atoms with E-state index in [-0.39, 0.29) is 17.7 Å². The van der Waals surface area contributed by atoms with Gasteiger partial charge in [-0.15, -0.1) is 0 Å². The lowest BCUT2D eigenvalue weighted by Crippen LogP contribution is -2.30. The fraction of sp³-hybridized carbons (Fsp3) is 0.200. The summed E-state index contributed by atoms with van der Waals surface area (Å²) in [5, 5.41) is 2.41. The topological polar surface area (TPSA) is 88.6 Å². The number of thiazole rings is 1. The second kappa shape index (κ2) is 8.41. The minimum Gasteiger partial charge on any atom is -0.465 e. The summed E-state index contributed by atoms with van der Waals surface area (Å²) >= 11 is 1.40. The van der Waals surface area contributed by atoms with Gasteiger partial charge in [-0.2, -0.15) is 0 Å². The zero-order valence-corrected chi connectivity index (χ0v) is 17.3. The van der Waals surface area contributed by atoms with Gasteiger partial charge < -0.3 is 9.64 Å². The Morgan fingerprint density at radius 3 is 2.67 bits per heavy atom. The summed E-state index contributed by atoms with van der Waals surface area (Å²) in [6.07, 6.45) is 2.28. The van der Waals surface area contributed by atoms with Crippen molar-refractivity contribution in [3.8, 4) is 5.19 Å². The van der Waals surface area contributed by atoms with E-state index < -0.39 is 20.7 Å². The molecule has 0 bridgehead atoms. The van der Waals surface area contributed by atoms with Gasteiger partial charge in [-0.25, -0.2) is 17.8 Å². The maximum atomic E-state index is 13.8. The highest BCUT2D eigenvalue weighted by Gasteiger charge is 2.29. The molecule has 2 heterocycles. The second-order valence-corrected chi connectivity index (χ2v) is 9.20. The van der Waals surface area contributed by atoms with Crippen LogP contribution in [0.3, 0.4) is 0 Å². The van der Waals surface area contributed by atoms with Gasteiger partial charge in [0.15, 0.2) is 0 Å². The third-order valence-corrected chi connectivity index (χ3v) is 6.70. The maximum absolute atomic E-state index is 13.8. The van der Waals surface area contributed by atoms with Crippen molar-refractivity contribution >= 4 is 33.0 Å². The van der Waals surface area contributed by atoms with Crippen LogP contribution in [0.15, 0.2) is 65.0 Å². The molecule has 1 saturated heterocycles. The number of hydrogen-bond acceptors (Lipinski definition) is 6. The zero-order chi connectivity index (χ0) is 21.1. The fourth-order valence-electron chi connectivity index (χ4n) is 3.16. The van der Waals surface area contributed by atoms with Crippen molar-refractivity contribution in [3.05, 3.63) is 71.5 Å². The summed E-state index contributed by atoms with van der Waals surface area (Å²) < 4.78 is 46.6. The predicted molar refractivity (Wildman–Crippen MR) is 111 cm³/mol. The lowest BCUT2D eigenvalue weighted by atomic mass is 10.2. The Bertz CT molecular complexity index is 1140. The number of anilines is 1. The zero-order valence-electron chi connectivity index (χ0n) is 15.7. The Hall–Kier alpha value is -2.98. The predicted octanol–water partition coefficient (Wildman–Crippen LogP) is 3.38. The van der Waals surface area contributed by atoms with Gasteiger partial charge >= 0.3 is 0 Å². The van der Waals surface area contributed by atoms with Crippen LogP contribution in [0, 0.1) is 5.82 Å². The summed E-state index contributed by atoms with van der Waals surface area (Å²) in [6.45, 7) is 1.02. The number of aromatic nitrogens is 1. The van der Waals surface area contributed by atoms with Crippen LogP contribution in [0.1, 0.15) is 16.8 Å². The van der Waals surface area contributed by atoms with E-state index >= 15 is 0 Å². The lowest BCUT2D eigenvalue weighted by molar-refractivity contribution is 0.0772. The first-order valence-electron chi connectivity index (χ1n) is 9.15. The first-order valence-corrected chi connectivity index (χ1v) is 11.5. The molecule has 0 radical (unpaired) electrons. The van der Waals surface area contributed by atoms with Crippen LogP contribution in [-0.4, -0.2) is 43.4 Å². The molecule has 1 unspecified atom stereocenters. The minimum atomic E-state index is -4.07. The number of benzene rings is 2. The summed E-state index contributed by atoms with van der Waals surface area (Å²) in [4.78, 5) is 18.1. The number of carbonyl (C=O) groups excluding carboxylic acids is 1. The molecule has 1 fully saturated rings. The van der Waals surface area contributed by atoms with Crippen molar-refractivity contribution < 1.29 is 22.3 Å². The van der Waals surface area contributed by atoms with E-state index in [0.29, 0.717) is 30.3 Å². The molecule has 0 spiro atoms. The van der Waals surface area contributed by atoms with Crippen molar-refractivity contribution in [1.29, 1.82) is 0 Å². The summed E-state index contributed by atoms with van der Waals surface area (Å²) in [5.41, 5.74) is 0.667. The number of halogens is 1. The van der Waals surface area contributed by atoms with Crippen LogP contribution in [0.4, 0.5) is 10.1 Å². The average Bonchev–Trinajstić information content (AvgIpc) is 3.40. The van der Waals surface area contributed by atoms with Crippen molar-refractivity contribution in [2.24, 2.45) is 0 Å².